The number of benzene rings is 1. The van der Waals surface area contributed by atoms with E-state index < -0.39 is 0 Å². The fourth-order valence-electron chi connectivity index (χ4n) is 1.81. The van der Waals surface area contributed by atoms with Gasteiger partial charge in [-0.3, -0.25) is 0 Å². The Bertz CT molecular complexity index is 390. The van der Waals surface area contributed by atoms with E-state index in [0.29, 0.717) is 5.11 Å². The van der Waals surface area contributed by atoms with E-state index in [9.17, 15) is 0 Å². The molecule has 0 atom stereocenters. The van der Waals surface area contributed by atoms with Gasteiger partial charge in [0.05, 0.1) is 0 Å². The quantitative estimate of drug-likeness (QED) is 0.790. The minimum absolute atomic E-state index is 0.309. The second-order valence-electron chi connectivity index (χ2n) is 4.07. The molecule has 0 heterocycles. The zero-order valence-corrected chi connectivity index (χ0v) is 11.6. The smallest absolute Gasteiger partial charge is 0.168 e. The fraction of sp³-hybridized carbons (Fsp3) is 0.462. The SMILES string of the molecule is CCCN(CC)c1ccc(C)c(NC(N)=S)c1. The lowest BCUT2D eigenvalue weighted by Crippen LogP contribution is -2.24. The summed E-state index contributed by atoms with van der Waals surface area (Å²) >= 11 is 4.88. The average molecular weight is 251 g/mol. The molecule has 4 heteroatoms. The van der Waals surface area contributed by atoms with E-state index in [2.05, 4.69) is 42.3 Å². The molecule has 0 radical (unpaired) electrons. The third kappa shape index (κ3) is 3.89. The number of rotatable bonds is 5. The Balaban J connectivity index is 2.97. The Morgan fingerprint density at radius 1 is 1.41 bits per heavy atom. The topological polar surface area (TPSA) is 41.3 Å². The van der Waals surface area contributed by atoms with E-state index in [1.807, 2.05) is 6.92 Å². The van der Waals surface area contributed by atoms with Gasteiger partial charge in [-0.1, -0.05) is 13.0 Å². The van der Waals surface area contributed by atoms with Crippen molar-refractivity contribution in [2.24, 2.45) is 5.73 Å². The number of hydrogen-bond donors (Lipinski definition) is 2. The number of anilines is 2. The molecule has 0 unspecified atom stereocenters. The highest BCUT2D eigenvalue weighted by molar-refractivity contribution is 7.80. The number of nitrogens with zero attached hydrogens (tertiary/aromatic N) is 1. The van der Waals surface area contributed by atoms with Crippen molar-refractivity contribution in [3.8, 4) is 0 Å². The van der Waals surface area contributed by atoms with Gasteiger partial charge in [-0.2, -0.15) is 0 Å². The van der Waals surface area contributed by atoms with Crippen LogP contribution in [0.3, 0.4) is 0 Å². The summed E-state index contributed by atoms with van der Waals surface area (Å²) in [5.41, 5.74) is 8.86. The van der Waals surface area contributed by atoms with Crippen LogP contribution in [-0.4, -0.2) is 18.2 Å². The molecule has 0 bridgehead atoms. The van der Waals surface area contributed by atoms with Gasteiger partial charge in [-0.05, 0) is 50.2 Å². The largest absolute Gasteiger partial charge is 0.376 e. The van der Waals surface area contributed by atoms with Gasteiger partial charge in [0, 0.05) is 24.5 Å². The van der Waals surface area contributed by atoms with Crippen molar-refractivity contribution < 1.29 is 0 Å². The second-order valence-corrected chi connectivity index (χ2v) is 4.51. The minimum atomic E-state index is 0.309. The second kappa shape index (κ2) is 6.45. The van der Waals surface area contributed by atoms with Crippen LogP contribution in [0, 0.1) is 6.92 Å². The fourth-order valence-corrected chi connectivity index (χ4v) is 1.92. The molecule has 0 aliphatic heterocycles. The minimum Gasteiger partial charge on any atom is -0.376 e. The van der Waals surface area contributed by atoms with E-state index in [-0.39, 0.29) is 0 Å². The molecule has 0 saturated heterocycles. The lowest BCUT2D eigenvalue weighted by Gasteiger charge is -2.23. The van der Waals surface area contributed by atoms with Crippen LogP contribution in [0.4, 0.5) is 11.4 Å². The number of nitrogens with two attached hydrogens (primary N) is 1. The summed E-state index contributed by atoms with van der Waals surface area (Å²) in [5.74, 6) is 0. The zero-order valence-electron chi connectivity index (χ0n) is 10.8. The van der Waals surface area contributed by atoms with E-state index in [1.165, 1.54) is 5.69 Å². The number of hydrogen-bond acceptors (Lipinski definition) is 2. The molecule has 17 heavy (non-hydrogen) atoms. The van der Waals surface area contributed by atoms with Crippen LogP contribution in [0.15, 0.2) is 18.2 Å². The summed E-state index contributed by atoms with van der Waals surface area (Å²) < 4.78 is 0. The van der Waals surface area contributed by atoms with Crippen molar-refractivity contribution in [1.82, 2.24) is 0 Å². The molecule has 1 aromatic rings. The van der Waals surface area contributed by atoms with Crippen molar-refractivity contribution >= 4 is 28.7 Å². The van der Waals surface area contributed by atoms with Crippen LogP contribution in [0.5, 0.6) is 0 Å². The zero-order chi connectivity index (χ0) is 12.8. The lowest BCUT2D eigenvalue weighted by molar-refractivity contribution is 0.792. The summed E-state index contributed by atoms with van der Waals surface area (Å²) in [6, 6.07) is 6.33. The first-order valence-electron chi connectivity index (χ1n) is 6.00. The Kier molecular flexibility index (Phi) is 5.22. The number of nitrogens with one attached hydrogen (secondary N) is 1. The third-order valence-corrected chi connectivity index (χ3v) is 2.82. The van der Waals surface area contributed by atoms with Gasteiger partial charge in [-0.15, -0.1) is 0 Å². The summed E-state index contributed by atoms with van der Waals surface area (Å²) in [5, 5.41) is 3.33. The van der Waals surface area contributed by atoms with Crippen LogP contribution in [0.2, 0.25) is 0 Å². The highest BCUT2D eigenvalue weighted by Gasteiger charge is 2.06. The lowest BCUT2D eigenvalue weighted by atomic mass is 10.1. The average Bonchev–Trinajstić information content (AvgIpc) is 2.28. The summed E-state index contributed by atoms with van der Waals surface area (Å²) in [7, 11) is 0. The first-order valence-corrected chi connectivity index (χ1v) is 6.41. The van der Waals surface area contributed by atoms with Crippen LogP contribution >= 0.6 is 12.2 Å². The van der Waals surface area contributed by atoms with Gasteiger partial charge in [0.15, 0.2) is 5.11 Å². The van der Waals surface area contributed by atoms with Crippen LogP contribution in [0.1, 0.15) is 25.8 Å². The van der Waals surface area contributed by atoms with Gasteiger partial charge in [0.1, 0.15) is 0 Å². The van der Waals surface area contributed by atoms with Crippen molar-refractivity contribution in [1.29, 1.82) is 0 Å². The molecule has 0 aliphatic carbocycles. The molecule has 1 rings (SSSR count). The van der Waals surface area contributed by atoms with Gasteiger partial charge in [0.25, 0.3) is 0 Å². The van der Waals surface area contributed by atoms with Crippen molar-refractivity contribution in [2.75, 3.05) is 23.3 Å². The highest BCUT2D eigenvalue weighted by atomic mass is 32.1. The first kappa shape index (κ1) is 13.8. The third-order valence-electron chi connectivity index (χ3n) is 2.72. The maximum Gasteiger partial charge on any atom is 0.168 e. The Labute approximate surface area is 109 Å². The van der Waals surface area contributed by atoms with Crippen LogP contribution in [-0.2, 0) is 0 Å². The maximum absolute atomic E-state index is 5.52. The van der Waals surface area contributed by atoms with E-state index in [4.69, 9.17) is 18.0 Å². The summed E-state index contributed by atoms with van der Waals surface area (Å²) in [6.07, 6.45) is 1.14. The highest BCUT2D eigenvalue weighted by Crippen LogP contribution is 2.23. The summed E-state index contributed by atoms with van der Waals surface area (Å²) in [6.45, 7) is 8.46. The Morgan fingerprint density at radius 3 is 2.65 bits per heavy atom. The summed E-state index contributed by atoms with van der Waals surface area (Å²) in [4.78, 5) is 2.34. The van der Waals surface area contributed by atoms with Gasteiger partial charge < -0.3 is 16.0 Å². The van der Waals surface area contributed by atoms with Gasteiger partial charge in [-0.25, -0.2) is 0 Å². The molecule has 1 aromatic carbocycles. The van der Waals surface area contributed by atoms with Crippen LogP contribution in [0.25, 0.3) is 0 Å². The normalized spacial score (nSPS) is 10.1. The van der Waals surface area contributed by atoms with Gasteiger partial charge >= 0.3 is 0 Å². The Hall–Kier alpha value is -1.29. The first-order chi connectivity index (χ1) is 8.08. The van der Waals surface area contributed by atoms with Crippen molar-refractivity contribution in [3.05, 3.63) is 23.8 Å². The van der Waals surface area contributed by atoms with Crippen molar-refractivity contribution in [2.45, 2.75) is 27.2 Å². The predicted octanol–water partition coefficient (Wildman–Crippen LogP) is 2.89. The molecule has 3 nitrogen and oxygen atoms in total. The molecule has 0 saturated carbocycles. The molecule has 0 amide bonds. The molecular weight excluding hydrogens is 230 g/mol. The maximum atomic E-state index is 5.52. The molecular formula is C13H21N3S. The van der Waals surface area contributed by atoms with E-state index in [0.717, 1.165) is 30.8 Å². The molecule has 94 valence electrons. The number of aryl methyl sites for hydroxylation is 1. The van der Waals surface area contributed by atoms with Crippen LogP contribution < -0.4 is 16.0 Å². The number of thiocarbonyl (C=S) groups is 1. The molecule has 0 aliphatic rings. The van der Waals surface area contributed by atoms with E-state index >= 15 is 0 Å². The predicted molar refractivity (Wildman–Crippen MR) is 79.8 cm³/mol. The molecule has 3 N–H and O–H groups in total. The molecule has 0 aromatic heterocycles. The monoisotopic (exact) mass is 251 g/mol. The van der Waals surface area contributed by atoms with Gasteiger partial charge in [0.2, 0.25) is 0 Å². The molecule has 0 spiro atoms. The standard InChI is InChI=1S/C13H21N3S/c1-4-8-16(5-2)11-7-6-10(3)12(9-11)15-13(14)17/h6-7,9H,4-5,8H2,1-3H3,(H3,14,15,17). The molecule has 0 fully saturated rings. The Morgan fingerprint density at radius 2 is 2.12 bits per heavy atom. The van der Waals surface area contributed by atoms with Crippen molar-refractivity contribution in [3.63, 3.8) is 0 Å². The van der Waals surface area contributed by atoms with E-state index in [1.54, 1.807) is 0 Å².